The first kappa shape index (κ1) is 24.1. The minimum atomic E-state index is -3.22. The molecule has 3 amide bonds. The molecule has 1 aromatic rings. The fourth-order valence-electron chi connectivity index (χ4n) is 3.20. The molecule has 8 nitrogen and oxygen atoms in total. The Morgan fingerprint density at radius 2 is 1.97 bits per heavy atom. The van der Waals surface area contributed by atoms with E-state index in [1.807, 2.05) is 25.1 Å². The second-order valence-electron chi connectivity index (χ2n) is 8.52. The van der Waals surface area contributed by atoms with E-state index >= 15 is 0 Å². The van der Waals surface area contributed by atoms with Gasteiger partial charge in [-0.2, -0.15) is 0 Å². The summed E-state index contributed by atoms with van der Waals surface area (Å²) in [6.07, 6.45) is 1.85. The maximum absolute atomic E-state index is 12.5. The number of nitrogens with zero attached hydrogens (tertiary/aromatic N) is 1. The van der Waals surface area contributed by atoms with Crippen molar-refractivity contribution in [2.45, 2.75) is 51.6 Å². The van der Waals surface area contributed by atoms with E-state index in [1.54, 1.807) is 19.9 Å². The normalized spacial score (nSPS) is 15.9. The molecule has 2 rings (SSSR count). The molecule has 1 heterocycles. The molecule has 0 aliphatic carbocycles. The van der Waals surface area contributed by atoms with Crippen molar-refractivity contribution in [1.82, 2.24) is 10.2 Å². The van der Waals surface area contributed by atoms with Gasteiger partial charge in [0, 0.05) is 6.54 Å². The standard InChI is InChI=1S/C21H32N2O6S/c1-16(17-8-7-9-18(12-17)29-15-21(2,3)26)14-30(27,28)11-6-4-5-10-23-13-19(24)22-20(23)25/h7-9,12,16,26H,4-6,10-11,13-15H2,1-3H3,(H,22,24,25)/t16-/m0/s1. The highest BCUT2D eigenvalue weighted by atomic mass is 32.2. The molecule has 0 radical (unpaired) electrons. The molecule has 168 valence electrons. The number of carbonyl (C=O) groups is 2. The summed E-state index contributed by atoms with van der Waals surface area (Å²) in [7, 11) is -3.22. The molecule has 0 bridgehead atoms. The number of ether oxygens (including phenoxy) is 1. The Labute approximate surface area is 178 Å². The second kappa shape index (κ2) is 10.3. The Morgan fingerprint density at radius 3 is 2.60 bits per heavy atom. The summed E-state index contributed by atoms with van der Waals surface area (Å²) in [5.74, 6) is 0.261. The Hall–Kier alpha value is -2.13. The van der Waals surface area contributed by atoms with Gasteiger partial charge in [0.25, 0.3) is 0 Å². The van der Waals surface area contributed by atoms with Crippen LogP contribution in [0.3, 0.4) is 0 Å². The molecule has 1 aliphatic rings. The van der Waals surface area contributed by atoms with E-state index in [4.69, 9.17) is 4.74 Å². The molecular weight excluding hydrogens is 408 g/mol. The SMILES string of the molecule is C[C@@H](CS(=O)(=O)CCCCCN1CC(=O)NC1=O)c1cccc(OCC(C)(C)O)c1. The van der Waals surface area contributed by atoms with Crippen molar-refractivity contribution in [1.29, 1.82) is 0 Å². The van der Waals surface area contributed by atoms with Crippen LogP contribution in [0.5, 0.6) is 5.75 Å². The van der Waals surface area contributed by atoms with Crippen LogP contribution in [0.15, 0.2) is 24.3 Å². The van der Waals surface area contributed by atoms with Gasteiger partial charge in [-0.05, 0) is 50.3 Å². The van der Waals surface area contributed by atoms with Gasteiger partial charge in [0.2, 0.25) is 5.91 Å². The van der Waals surface area contributed by atoms with Crippen LogP contribution in [-0.2, 0) is 14.6 Å². The van der Waals surface area contributed by atoms with Crippen LogP contribution in [0.1, 0.15) is 51.5 Å². The van der Waals surface area contributed by atoms with E-state index < -0.39 is 15.4 Å². The summed E-state index contributed by atoms with van der Waals surface area (Å²) < 4.78 is 30.6. The molecule has 0 aromatic heterocycles. The molecule has 1 atom stereocenters. The van der Waals surface area contributed by atoms with Crippen molar-refractivity contribution in [2.24, 2.45) is 0 Å². The Bertz CT molecular complexity index is 847. The number of rotatable bonds is 12. The summed E-state index contributed by atoms with van der Waals surface area (Å²) in [4.78, 5) is 24.0. The lowest BCUT2D eigenvalue weighted by atomic mass is 10.0. The summed E-state index contributed by atoms with van der Waals surface area (Å²) in [5.41, 5.74) is -0.0736. The number of benzene rings is 1. The number of hydrogen-bond acceptors (Lipinski definition) is 6. The van der Waals surface area contributed by atoms with Gasteiger partial charge in [-0.3, -0.25) is 10.1 Å². The average molecular weight is 441 g/mol. The third-order valence-electron chi connectivity index (χ3n) is 4.77. The summed E-state index contributed by atoms with van der Waals surface area (Å²) in [6, 6.07) is 6.91. The van der Waals surface area contributed by atoms with Crippen molar-refractivity contribution in [3.05, 3.63) is 29.8 Å². The van der Waals surface area contributed by atoms with Gasteiger partial charge >= 0.3 is 6.03 Å². The maximum Gasteiger partial charge on any atom is 0.324 e. The van der Waals surface area contributed by atoms with Crippen LogP contribution < -0.4 is 10.1 Å². The van der Waals surface area contributed by atoms with Crippen molar-refractivity contribution in [2.75, 3.05) is 31.2 Å². The highest BCUT2D eigenvalue weighted by Gasteiger charge is 2.25. The van der Waals surface area contributed by atoms with Crippen molar-refractivity contribution in [3.63, 3.8) is 0 Å². The molecule has 2 N–H and O–H groups in total. The second-order valence-corrected chi connectivity index (χ2v) is 10.8. The summed E-state index contributed by atoms with van der Waals surface area (Å²) in [5, 5.41) is 12.0. The molecular formula is C21H32N2O6S. The van der Waals surface area contributed by atoms with Crippen LogP contribution in [0, 0.1) is 0 Å². The van der Waals surface area contributed by atoms with Gasteiger partial charge in [-0.25, -0.2) is 13.2 Å². The molecule has 0 saturated carbocycles. The number of hydrogen-bond donors (Lipinski definition) is 2. The van der Waals surface area contributed by atoms with Crippen molar-refractivity contribution >= 4 is 21.8 Å². The first-order chi connectivity index (χ1) is 14.0. The summed E-state index contributed by atoms with van der Waals surface area (Å²) >= 11 is 0. The highest BCUT2D eigenvalue weighted by Crippen LogP contribution is 2.23. The number of imide groups is 1. The van der Waals surface area contributed by atoms with Crippen LogP contribution in [0.2, 0.25) is 0 Å². The minimum Gasteiger partial charge on any atom is -0.491 e. The number of aliphatic hydroxyl groups is 1. The highest BCUT2D eigenvalue weighted by molar-refractivity contribution is 7.91. The monoisotopic (exact) mass is 440 g/mol. The first-order valence-electron chi connectivity index (χ1n) is 10.2. The number of unbranched alkanes of at least 4 members (excludes halogenated alkanes) is 2. The van der Waals surface area contributed by atoms with E-state index in [0.717, 1.165) is 5.56 Å². The van der Waals surface area contributed by atoms with Crippen LogP contribution in [-0.4, -0.2) is 67.2 Å². The predicted octanol–water partition coefficient (Wildman–Crippen LogP) is 2.08. The van der Waals surface area contributed by atoms with Gasteiger partial charge in [-0.15, -0.1) is 0 Å². The predicted molar refractivity (Wildman–Crippen MR) is 114 cm³/mol. The van der Waals surface area contributed by atoms with E-state index in [2.05, 4.69) is 5.32 Å². The average Bonchev–Trinajstić information content (AvgIpc) is 2.96. The lowest BCUT2D eigenvalue weighted by Gasteiger charge is -2.19. The van der Waals surface area contributed by atoms with E-state index in [9.17, 15) is 23.1 Å². The Balaban J connectivity index is 1.76. The Kier molecular flexibility index (Phi) is 8.25. The fourth-order valence-corrected chi connectivity index (χ4v) is 4.96. The number of sulfone groups is 1. The zero-order valence-corrected chi connectivity index (χ0v) is 18.7. The molecule has 1 fully saturated rings. The van der Waals surface area contributed by atoms with Gasteiger partial charge in [0.05, 0.1) is 17.1 Å². The van der Waals surface area contributed by atoms with E-state index in [-0.39, 0.29) is 42.5 Å². The third-order valence-corrected chi connectivity index (χ3v) is 6.69. The Morgan fingerprint density at radius 1 is 1.23 bits per heavy atom. The molecule has 1 aromatic carbocycles. The van der Waals surface area contributed by atoms with Crippen LogP contribution in [0.25, 0.3) is 0 Å². The lowest BCUT2D eigenvalue weighted by Crippen LogP contribution is -2.29. The van der Waals surface area contributed by atoms with Crippen molar-refractivity contribution < 1.29 is 27.9 Å². The number of urea groups is 1. The molecule has 1 saturated heterocycles. The van der Waals surface area contributed by atoms with Gasteiger partial charge in [0.15, 0.2) is 9.84 Å². The number of carbonyl (C=O) groups excluding carboxylic acids is 2. The van der Waals surface area contributed by atoms with Gasteiger partial charge < -0.3 is 14.7 Å². The molecule has 0 unspecified atom stereocenters. The molecule has 1 aliphatic heterocycles. The zero-order chi connectivity index (χ0) is 22.4. The maximum atomic E-state index is 12.5. The largest absolute Gasteiger partial charge is 0.491 e. The molecule has 0 spiro atoms. The van der Waals surface area contributed by atoms with E-state index in [0.29, 0.717) is 31.6 Å². The van der Waals surface area contributed by atoms with Crippen LogP contribution in [0.4, 0.5) is 4.79 Å². The van der Waals surface area contributed by atoms with Crippen LogP contribution >= 0.6 is 0 Å². The number of amides is 3. The fraction of sp³-hybridized carbons (Fsp3) is 0.619. The quantitative estimate of drug-likeness (QED) is 0.380. The number of nitrogens with one attached hydrogen (secondary N) is 1. The minimum absolute atomic E-state index is 0.0466. The lowest BCUT2D eigenvalue weighted by molar-refractivity contribution is -0.118. The van der Waals surface area contributed by atoms with Gasteiger partial charge in [0.1, 0.15) is 18.9 Å². The van der Waals surface area contributed by atoms with E-state index in [1.165, 1.54) is 4.90 Å². The zero-order valence-electron chi connectivity index (χ0n) is 17.9. The van der Waals surface area contributed by atoms with Crippen molar-refractivity contribution in [3.8, 4) is 5.75 Å². The first-order valence-corrected chi connectivity index (χ1v) is 12.0. The topological polar surface area (TPSA) is 113 Å². The summed E-state index contributed by atoms with van der Waals surface area (Å²) in [6.45, 7) is 5.86. The molecule has 9 heteroatoms. The smallest absolute Gasteiger partial charge is 0.324 e. The van der Waals surface area contributed by atoms with Gasteiger partial charge in [-0.1, -0.05) is 25.5 Å². The molecule has 30 heavy (non-hydrogen) atoms. The third kappa shape index (κ3) is 8.31.